The third-order valence-corrected chi connectivity index (χ3v) is 3.67. The Labute approximate surface area is 114 Å². The van der Waals surface area contributed by atoms with E-state index in [1.54, 1.807) is 7.11 Å². The lowest BCUT2D eigenvalue weighted by atomic mass is 10.4. The molecule has 0 aromatic rings. The smallest absolute Gasteiger partial charge is 0.206 e. The zero-order valence-corrected chi connectivity index (χ0v) is 12.1. The Morgan fingerprint density at radius 1 is 1.50 bits per heavy atom. The molecule has 0 amide bonds. The summed E-state index contributed by atoms with van der Waals surface area (Å²) < 4.78 is 5.05. The SMILES string of the molecule is COCC(C)NC(=NCCN1CCSCC1)NN. The minimum absolute atomic E-state index is 0.191. The topological polar surface area (TPSA) is 74.9 Å². The average Bonchev–Trinajstić information content (AvgIpc) is 2.39. The molecule has 0 spiro atoms. The number of aliphatic imine (C=N–C) groups is 1. The first-order valence-corrected chi connectivity index (χ1v) is 7.48. The second kappa shape index (κ2) is 9.43. The van der Waals surface area contributed by atoms with Crippen LogP contribution in [0.15, 0.2) is 4.99 Å². The Morgan fingerprint density at radius 2 is 2.22 bits per heavy atom. The molecule has 4 N–H and O–H groups in total. The third-order valence-electron chi connectivity index (χ3n) is 2.73. The van der Waals surface area contributed by atoms with Crippen LogP contribution in [0.4, 0.5) is 0 Å². The van der Waals surface area contributed by atoms with Gasteiger partial charge in [0.15, 0.2) is 0 Å². The number of hydrogen-bond donors (Lipinski definition) is 3. The number of rotatable bonds is 6. The van der Waals surface area contributed by atoms with E-state index in [9.17, 15) is 0 Å². The van der Waals surface area contributed by atoms with Crippen LogP contribution < -0.4 is 16.6 Å². The van der Waals surface area contributed by atoms with E-state index in [0.29, 0.717) is 12.6 Å². The fourth-order valence-electron chi connectivity index (χ4n) is 1.79. The van der Waals surface area contributed by atoms with Crippen molar-refractivity contribution in [2.45, 2.75) is 13.0 Å². The molecular weight excluding hydrogens is 250 g/mol. The molecule has 6 nitrogen and oxygen atoms in total. The van der Waals surface area contributed by atoms with Crippen LogP contribution in [0.25, 0.3) is 0 Å². The minimum atomic E-state index is 0.191. The fourth-order valence-corrected chi connectivity index (χ4v) is 2.76. The number of hydrazine groups is 1. The van der Waals surface area contributed by atoms with Gasteiger partial charge in [0.2, 0.25) is 5.96 Å². The summed E-state index contributed by atoms with van der Waals surface area (Å²) in [5.74, 6) is 8.53. The molecule has 1 unspecified atom stereocenters. The highest BCUT2D eigenvalue weighted by Gasteiger charge is 2.09. The normalized spacial score (nSPS) is 19.6. The Balaban J connectivity index is 2.23. The fraction of sp³-hybridized carbons (Fsp3) is 0.909. The first-order valence-electron chi connectivity index (χ1n) is 6.33. The summed E-state index contributed by atoms with van der Waals surface area (Å²) in [6, 6.07) is 0.191. The number of ether oxygens (including phenoxy) is 1. The molecule has 0 aromatic carbocycles. The molecule has 1 aliphatic heterocycles. The highest BCUT2D eigenvalue weighted by Crippen LogP contribution is 2.08. The predicted octanol–water partition coefficient (Wildman–Crippen LogP) is -0.521. The second-order valence-electron chi connectivity index (χ2n) is 4.33. The van der Waals surface area contributed by atoms with Crippen molar-refractivity contribution in [2.24, 2.45) is 10.8 Å². The van der Waals surface area contributed by atoms with Gasteiger partial charge >= 0.3 is 0 Å². The summed E-state index contributed by atoms with van der Waals surface area (Å²) >= 11 is 2.02. The third kappa shape index (κ3) is 6.44. The van der Waals surface area contributed by atoms with Crippen LogP contribution in [0.2, 0.25) is 0 Å². The second-order valence-corrected chi connectivity index (χ2v) is 5.55. The van der Waals surface area contributed by atoms with E-state index < -0.39 is 0 Å². The van der Waals surface area contributed by atoms with Crippen molar-refractivity contribution in [2.75, 3.05) is 51.4 Å². The van der Waals surface area contributed by atoms with E-state index in [1.807, 2.05) is 18.7 Å². The molecular formula is C11H25N5OS. The van der Waals surface area contributed by atoms with Gasteiger partial charge in [-0.2, -0.15) is 11.8 Å². The lowest BCUT2D eigenvalue weighted by Gasteiger charge is -2.25. The van der Waals surface area contributed by atoms with Gasteiger partial charge < -0.3 is 10.1 Å². The molecule has 0 aliphatic carbocycles. The molecule has 1 saturated heterocycles. The average molecular weight is 275 g/mol. The molecule has 1 fully saturated rings. The first kappa shape index (κ1) is 15.6. The maximum absolute atomic E-state index is 5.44. The summed E-state index contributed by atoms with van der Waals surface area (Å²) in [4.78, 5) is 6.86. The summed E-state index contributed by atoms with van der Waals surface area (Å²) in [6.07, 6.45) is 0. The number of nitrogens with one attached hydrogen (secondary N) is 2. The van der Waals surface area contributed by atoms with Crippen molar-refractivity contribution in [1.82, 2.24) is 15.6 Å². The van der Waals surface area contributed by atoms with E-state index in [0.717, 1.165) is 13.1 Å². The van der Waals surface area contributed by atoms with Crippen molar-refractivity contribution in [1.29, 1.82) is 0 Å². The Kier molecular flexibility index (Phi) is 8.15. The Bertz CT molecular complexity index is 246. The number of hydrogen-bond acceptors (Lipinski definition) is 5. The van der Waals surface area contributed by atoms with Gasteiger partial charge in [-0.15, -0.1) is 0 Å². The van der Waals surface area contributed by atoms with Gasteiger partial charge in [0.1, 0.15) is 0 Å². The van der Waals surface area contributed by atoms with Gasteiger partial charge in [-0.3, -0.25) is 15.3 Å². The van der Waals surface area contributed by atoms with Crippen LogP contribution in [0, 0.1) is 0 Å². The highest BCUT2D eigenvalue weighted by atomic mass is 32.2. The van der Waals surface area contributed by atoms with E-state index in [4.69, 9.17) is 10.6 Å². The number of methoxy groups -OCH3 is 1. The van der Waals surface area contributed by atoms with E-state index in [2.05, 4.69) is 20.6 Å². The summed E-state index contributed by atoms with van der Waals surface area (Å²) in [7, 11) is 1.68. The number of guanidine groups is 1. The van der Waals surface area contributed by atoms with Gasteiger partial charge in [-0.05, 0) is 6.92 Å². The number of nitrogens with two attached hydrogens (primary N) is 1. The van der Waals surface area contributed by atoms with E-state index in [1.165, 1.54) is 24.6 Å². The van der Waals surface area contributed by atoms with Crippen molar-refractivity contribution in [3.05, 3.63) is 0 Å². The van der Waals surface area contributed by atoms with Gasteiger partial charge in [-0.25, -0.2) is 5.84 Å². The zero-order chi connectivity index (χ0) is 13.2. The first-order chi connectivity index (χ1) is 8.76. The lowest BCUT2D eigenvalue weighted by molar-refractivity contribution is 0.179. The molecule has 0 bridgehead atoms. The molecule has 1 heterocycles. The van der Waals surface area contributed by atoms with Crippen LogP contribution in [0.1, 0.15) is 6.92 Å². The number of thioether (sulfide) groups is 1. The van der Waals surface area contributed by atoms with Crippen LogP contribution in [0.5, 0.6) is 0 Å². The van der Waals surface area contributed by atoms with Gasteiger partial charge in [0.05, 0.1) is 13.2 Å². The van der Waals surface area contributed by atoms with Gasteiger partial charge in [0.25, 0.3) is 0 Å². The van der Waals surface area contributed by atoms with Crippen LogP contribution >= 0.6 is 11.8 Å². The molecule has 0 saturated carbocycles. The van der Waals surface area contributed by atoms with Crippen LogP contribution in [-0.4, -0.2) is 68.3 Å². The Hall–Kier alpha value is -0.500. The molecule has 106 valence electrons. The largest absolute Gasteiger partial charge is 0.383 e. The zero-order valence-electron chi connectivity index (χ0n) is 11.3. The Morgan fingerprint density at radius 3 is 2.83 bits per heavy atom. The van der Waals surface area contributed by atoms with Crippen molar-refractivity contribution in [3.8, 4) is 0 Å². The maximum atomic E-state index is 5.44. The quantitative estimate of drug-likeness (QED) is 0.262. The van der Waals surface area contributed by atoms with E-state index in [-0.39, 0.29) is 6.04 Å². The molecule has 0 aromatic heterocycles. The van der Waals surface area contributed by atoms with Gasteiger partial charge in [0, 0.05) is 44.3 Å². The molecule has 7 heteroatoms. The van der Waals surface area contributed by atoms with Gasteiger partial charge in [-0.1, -0.05) is 0 Å². The lowest BCUT2D eigenvalue weighted by Crippen LogP contribution is -2.47. The van der Waals surface area contributed by atoms with Crippen molar-refractivity contribution >= 4 is 17.7 Å². The molecule has 0 radical (unpaired) electrons. The van der Waals surface area contributed by atoms with Crippen LogP contribution in [-0.2, 0) is 4.74 Å². The minimum Gasteiger partial charge on any atom is -0.383 e. The van der Waals surface area contributed by atoms with Crippen molar-refractivity contribution in [3.63, 3.8) is 0 Å². The summed E-state index contributed by atoms with van der Waals surface area (Å²) in [5.41, 5.74) is 2.59. The summed E-state index contributed by atoms with van der Waals surface area (Å²) in [6.45, 7) is 6.74. The molecule has 1 aliphatic rings. The predicted molar refractivity (Wildman–Crippen MR) is 77.9 cm³/mol. The molecule has 1 rings (SSSR count). The molecule has 1 atom stereocenters. The van der Waals surface area contributed by atoms with Crippen molar-refractivity contribution < 1.29 is 4.74 Å². The monoisotopic (exact) mass is 275 g/mol. The maximum Gasteiger partial charge on any atom is 0.206 e. The van der Waals surface area contributed by atoms with E-state index >= 15 is 0 Å². The number of nitrogens with zero attached hydrogens (tertiary/aromatic N) is 2. The highest BCUT2D eigenvalue weighted by molar-refractivity contribution is 7.99. The van der Waals surface area contributed by atoms with Crippen LogP contribution in [0.3, 0.4) is 0 Å². The molecule has 18 heavy (non-hydrogen) atoms. The standard InChI is InChI=1S/C11H25N5OS/c1-10(9-17-2)14-11(15-12)13-3-4-16-5-7-18-8-6-16/h10H,3-9,12H2,1-2H3,(H2,13,14,15). The summed E-state index contributed by atoms with van der Waals surface area (Å²) in [5, 5.41) is 3.17.